The summed E-state index contributed by atoms with van der Waals surface area (Å²) in [7, 11) is 0. The molecule has 0 fully saturated rings. The maximum atomic E-state index is 13.2. The van der Waals surface area contributed by atoms with Crippen LogP contribution in [0.15, 0.2) is 41.4 Å². The first-order valence-corrected chi connectivity index (χ1v) is 9.89. The summed E-state index contributed by atoms with van der Waals surface area (Å²) in [6.07, 6.45) is -21.0. The third-order valence-corrected chi connectivity index (χ3v) is 4.41. The first kappa shape index (κ1) is 29.3. The molecule has 0 heterocycles. The zero-order chi connectivity index (χ0) is 27.9. The van der Waals surface area contributed by atoms with Crippen molar-refractivity contribution in [2.75, 3.05) is 5.32 Å². The second-order valence-electron chi connectivity index (χ2n) is 8.98. The van der Waals surface area contributed by atoms with Crippen molar-refractivity contribution in [3.63, 3.8) is 0 Å². The Balaban J connectivity index is 2.70. The van der Waals surface area contributed by atoms with Gasteiger partial charge < -0.3 is 5.32 Å². The number of anilines is 1. The first-order chi connectivity index (χ1) is 15.9. The molecule has 0 amide bonds. The summed E-state index contributed by atoms with van der Waals surface area (Å²) >= 11 is 0. The number of aliphatic imine (C=N–C) groups is 1. The van der Waals surface area contributed by atoms with Crippen LogP contribution in [0.25, 0.3) is 0 Å². The van der Waals surface area contributed by atoms with Gasteiger partial charge in [-0.2, -0.15) is 52.7 Å². The monoisotopic (exact) mass is 538 g/mol. The molecule has 0 aliphatic carbocycles. The van der Waals surface area contributed by atoms with Crippen molar-refractivity contribution in [1.29, 1.82) is 0 Å². The summed E-state index contributed by atoms with van der Waals surface area (Å²) < 4.78 is 158. The molecule has 0 saturated heterocycles. The Morgan fingerprint density at radius 1 is 0.583 bits per heavy atom. The van der Waals surface area contributed by atoms with Gasteiger partial charge in [-0.1, -0.05) is 20.8 Å². The van der Waals surface area contributed by atoms with E-state index in [1.54, 1.807) is 20.8 Å². The minimum atomic E-state index is -5.19. The third-order valence-electron chi connectivity index (χ3n) is 4.41. The molecule has 0 bridgehead atoms. The molecule has 1 N–H and O–H groups in total. The van der Waals surface area contributed by atoms with Crippen LogP contribution in [0, 0.1) is 5.41 Å². The molecule has 0 radical (unpaired) electrons. The summed E-state index contributed by atoms with van der Waals surface area (Å²) in [6.45, 7) is 4.68. The molecule has 2 rings (SSSR count). The molecular weight excluding hydrogens is 520 g/mol. The minimum absolute atomic E-state index is 0.131. The quantitative estimate of drug-likeness (QED) is 0.235. The number of rotatable bonds is 3. The molecule has 0 aliphatic rings. The molecule has 0 unspecified atom stereocenters. The zero-order valence-corrected chi connectivity index (χ0v) is 18.7. The highest BCUT2D eigenvalue weighted by molar-refractivity contribution is 5.97. The van der Waals surface area contributed by atoms with Crippen molar-refractivity contribution in [3.05, 3.63) is 58.7 Å². The van der Waals surface area contributed by atoms with E-state index in [-0.39, 0.29) is 30.7 Å². The number of hydrogen-bond acceptors (Lipinski definition) is 1. The van der Waals surface area contributed by atoms with E-state index in [0.29, 0.717) is 12.1 Å². The highest BCUT2D eigenvalue weighted by atomic mass is 19.4. The van der Waals surface area contributed by atoms with Gasteiger partial charge in [-0.3, -0.25) is 0 Å². The Hall–Kier alpha value is -2.93. The number of alkyl halides is 12. The van der Waals surface area contributed by atoms with Crippen molar-refractivity contribution in [1.82, 2.24) is 0 Å². The average molecular weight is 538 g/mol. The molecule has 2 aromatic carbocycles. The van der Waals surface area contributed by atoms with Crippen LogP contribution in [-0.2, 0) is 24.7 Å². The van der Waals surface area contributed by atoms with Crippen LogP contribution in [0.2, 0.25) is 0 Å². The van der Waals surface area contributed by atoms with E-state index >= 15 is 0 Å². The number of halogens is 12. The molecule has 14 heteroatoms. The van der Waals surface area contributed by atoms with Crippen LogP contribution in [0.3, 0.4) is 0 Å². The van der Waals surface area contributed by atoms with Gasteiger partial charge in [0, 0.05) is 12.1 Å². The van der Waals surface area contributed by atoms with Gasteiger partial charge in [-0.25, -0.2) is 4.99 Å². The summed E-state index contributed by atoms with van der Waals surface area (Å²) in [5, 5.41) is 2.21. The smallest absolute Gasteiger partial charge is 0.344 e. The first-order valence-electron chi connectivity index (χ1n) is 9.89. The Kier molecular flexibility index (Phi) is 7.74. The summed E-state index contributed by atoms with van der Waals surface area (Å²) in [4.78, 5) is 3.71. The molecule has 0 atom stereocenters. The van der Waals surface area contributed by atoms with Crippen molar-refractivity contribution in [2.24, 2.45) is 10.4 Å². The van der Waals surface area contributed by atoms with E-state index in [2.05, 4.69) is 10.3 Å². The highest BCUT2D eigenvalue weighted by Gasteiger charge is 2.38. The summed E-state index contributed by atoms with van der Waals surface area (Å²) in [5.74, 6) is -0.456. The number of nitrogens with one attached hydrogen (secondary N) is 1. The molecule has 0 spiro atoms. The van der Waals surface area contributed by atoms with Gasteiger partial charge in [0.05, 0.1) is 27.9 Å². The van der Waals surface area contributed by atoms with E-state index in [4.69, 9.17) is 0 Å². The van der Waals surface area contributed by atoms with Crippen LogP contribution in [0.1, 0.15) is 49.4 Å². The van der Waals surface area contributed by atoms with E-state index in [0.717, 1.165) is 0 Å². The SMILES string of the molecule is CC(C)(C)CC(=Nc1cc(C(F)(F)F)cc(C(F)(F)F)c1)Nc1cc(C(F)(F)F)cc(C(F)(F)F)c1. The number of hydrogen-bond donors (Lipinski definition) is 1. The second kappa shape index (κ2) is 9.51. The van der Waals surface area contributed by atoms with E-state index in [1.807, 2.05) is 0 Å². The lowest BCUT2D eigenvalue weighted by molar-refractivity contribution is -0.144. The highest BCUT2D eigenvalue weighted by Crippen LogP contribution is 2.40. The summed E-state index contributed by atoms with van der Waals surface area (Å²) in [5.41, 5.74) is -9.12. The standard InChI is InChI=1S/C22H18F12N2/c1-18(2,3)10-17(35-15-6-11(19(23,24)25)4-12(7-15)20(26,27)28)36-16-8-13(21(29,30)31)5-14(9-16)22(32,33)34/h4-9H,10H2,1-3H3,(H,35,36). The molecule has 2 aromatic rings. The Morgan fingerprint density at radius 2 is 0.917 bits per heavy atom. The molecular formula is C22H18F12N2. The topological polar surface area (TPSA) is 24.4 Å². The maximum Gasteiger partial charge on any atom is 0.416 e. The fourth-order valence-electron chi connectivity index (χ4n) is 2.97. The molecule has 0 aromatic heterocycles. The minimum Gasteiger partial charge on any atom is -0.344 e. The van der Waals surface area contributed by atoms with Gasteiger partial charge in [0.1, 0.15) is 5.84 Å². The second-order valence-corrected chi connectivity index (χ2v) is 8.98. The Bertz CT molecular complexity index is 1050. The molecule has 0 saturated carbocycles. The third kappa shape index (κ3) is 8.33. The fourth-order valence-corrected chi connectivity index (χ4v) is 2.97. The van der Waals surface area contributed by atoms with Crippen molar-refractivity contribution >= 4 is 17.2 Å². The zero-order valence-electron chi connectivity index (χ0n) is 18.7. The van der Waals surface area contributed by atoms with Gasteiger partial charge in [0.15, 0.2) is 0 Å². The normalized spacial score (nSPS) is 14.2. The van der Waals surface area contributed by atoms with Crippen LogP contribution in [-0.4, -0.2) is 5.84 Å². The lowest BCUT2D eigenvalue weighted by Crippen LogP contribution is -2.21. The van der Waals surface area contributed by atoms with Gasteiger partial charge in [0.25, 0.3) is 0 Å². The number of benzene rings is 2. The van der Waals surface area contributed by atoms with Crippen molar-refractivity contribution in [3.8, 4) is 0 Å². The fraction of sp³-hybridized carbons (Fsp3) is 0.409. The number of amidine groups is 1. The average Bonchev–Trinajstić information content (AvgIpc) is 2.63. The maximum absolute atomic E-state index is 13.2. The number of nitrogens with zero attached hydrogens (tertiary/aromatic N) is 1. The molecule has 200 valence electrons. The van der Waals surface area contributed by atoms with Gasteiger partial charge in [0.2, 0.25) is 0 Å². The van der Waals surface area contributed by atoms with Gasteiger partial charge in [-0.05, 0) is 41.8 Å². The molecule has 0 aliphatic heterocycles. The Labute approximate surface area is 197 Å². The van der Waals surface area contributed by atoms with Gasteiger partial charge in [-0.15, -0.1) is 0 Å². The lowest BCUT2D eigenvalue weighted by Gasteiger charge is -2.22. The molecule has 36 heavy (non-hydrogen) atoms. The van der Waals surface area contributed by atoms with Crippen molar-refractivity contribution in [2.45, 2.75) is 51.9 Å². The van der Waals surface area contributed by atoms with Crippen molar-refractivity contribution < 1.29 is 52.7 Å². The van der Waals surface area contributed by atoms with Crippen LogP contribution < -0.4 is 5.32 Å². The van der Waals surface area contributed by atoms with Crippen LogP contribution in [0.5, 0.6) is 0 Å². The predicted octanol–water partition coefficient (Wildman–Crippen LogP) is 9.34. The Morgan fingerprint density at radius 3 is 1.22 bits per heavy atom. The van der Waals surface area contributed by atoms with E-state index in [9.17, 15) is 52.7 Å². The summed E-state index contributed by atoms with van der Waals surface area (Å²) in [6, 6.07) is 0.938. The molecule has 2 nitrogen and oxygen atoms in total. The lowest BCUT2D eigenvalue weighted by atomic mass is 9.91. The van der Waals surface area contributed by atoms with Crippen LogP contribution in [0.4, 0.5) is 64.1 Å². The van der Waals surface area contributed by atoms with Gasteiger partial charge >= 0.3 is 24.7 Å². The largest absolute Gasteiger partial charge is 0.416 e. The van der Waals surface area contributed by atoms with Crippen LogP contribution >= 0.6 is 0 Å². The predicted molar refractivity (Wildman–Crippen MR) is 108 cm³/mol. The van der Waals surface area contributed by atoms with E-state index in [1.165, 1.54) is 0 Å². The van der Waals surface area contributed by atoms with E-state index < -0.39 is 69.6 Å².